The highest BCUT2D eigenvalue weighted by atomic mass is 16.2. The van der Waals surface area contributed by atoms with E-state index in [1.54, 1.807) is 14.0 Å². The summed E-state index contributed by atoms with van der Waals surface area (Å²) in [5.41, 5.74) is 1.63. The first-order valence-corrected chi connectivity index (χ1v) is 13.1. The first-order valence-electron chi connectivity index (χ1n) is 13.1. The molecule has 2 aliphatic heterocycles. The predicted octanol–water partition coefficient (Wildman–Crippen LogP) is 2.44. The average Bonchev–Trinajstić information content (AvgIpc) is 3.37. The lowest BCUT2D eigenvalue weighted by molar-refractivity contribution is -0.132. The molecule has 3 heterocycles. The van der Waals surface area contributed by atoms with Gasteiger partial charge in [-0.2, -0.15) is 5.10 Å². The zero-order chi connectivity index (χ0) is 26.7. The second kappa shape index (κ2) is 10.8. The van der Waals surface area contributed by atoms with Crippen molar-refractivity contribution in [2.75, 3.05) is 20.1 Å². The van der Waals surface area contributed by atoms with Crippen LogP contribution in [0.5, 0.6) is 0 Å². The van der Waals surface area contributed by atoms with Gasteiger partial charge in [0.05, 0.1) is 6.54 Å². The summed E-state index contributed by atoms with van der Waals surface area (Å²) in [4.78, 5) is 43.2. The number of nitrogens with one attached hydrogen (secondary N) is 2. The van der Waals surface area contributed by atoms with Crippen LogP contribution in [0.2, 0.25) is 0 Å². The molecule has 0 bridgehead atoms. The smallest absolute Gasteiger partial charge is 0.272 e. The van der Waals surface area contributed by atoms with E-state index in [1.165, 1.54) is 21.2 Å². The van der Waals surface area contributed by atoms with Gasteiger partial charge < -0.3 is 15.5 Å². The Morgan fingerprint density at radius 1 is 1.00 bits per heavy atom. The molecule has 9 heteroatoms. The molecule has 2 aromatic carbocycles. The number of piperidine rings is 1. The number of carbonyl (C=O) groups is 3. The van der Waals surface area contributed by atoms with Crippen molar-refractivity contribution in [3.63, 3.8) is 0 Å². The fourth-order valence-electron chi connectivity index (χ4n) is 5.14. The molecule has 0 radical (unpaired) electrons. The second-order valence-electron chi connectivity index (χ2n) is 10.4. The second-order valence-corrected chi connectivity index (χ2v) is 10.4. The number of rotatable bonds is 7. The minimum absolute atomic E-state index is 0.0562. The number of carbonyl (C=O) groups excluding carboxylic acids is 3. The molecule has 0 saturated carbocycles. The molecule has 38 heavy (non-hydrogen) atoms. The van der Waals surface area contributed by atoms with Crippen LogP contribution in [0.1, 0.15) is 51.9 Å². The number of hydrogen-bond acceptors (Lipinski definition) is 5. The van der Waals surface area contributed by atoms with E-state index in [0.29, 0.717) is 12.2 Å². The third-order valence-electron chi connectivity index (χ3n) is 7.69. The summed E-state index contributed by atoms with van der Waals surface area (Å²) < 4.78 is 1.49. The Labute approximate surface area is 222 Å². The molecule has 1 saturated heterocycles. The minimum Gasteiger partial charge on any atom is -0.350 e. The van der Waals surface area contributed by atoms with Crippen LogP contribution in [0.4, 0.5) is 0 Å². The molecule has 1 atom stereocenters. The van der Waals surface area contributed by atoms with Crippen LogP contribution in [0.3, 0.4) is 0 Å². The van der Waals surface area contributed by atoms with Gasteiger partial charge in [-0.05, 0) is 30.9 Å². The molecule has 198 valence electrons. The predicted molar refractivity (Wildman–Crippen MR) is 143 cm³/mol. The summed E-state index contributed by atoms with van der Waals surface area (Å²) in [5, 5.41) is 10.5. The van der Waals surface area contributed by atoms with Gasteiger partial charge in [0.15, 0.2) is 5.69 Å². The van der Waals surface area contributed by atoms with Crippen LogP contribution >= 0.6 is 0 Å². The lowest BCUT2D eigenvalue weighted by Crippen LogP contribution is -2.62. The zero-order valence-electron chi connectivity index (χ0n) is 21.9. The Morgan fingerprint density at radius 3 is 2.29 bits per heavy atom. The normalized spacial score (nSPS) is 20.2. The van der Waals surface area contributed by atoms with Gasteiger partial charge in [-0.3, -0.25) is 24.0 Å². The van der Waals surface area contributed by atoms with Crippen LogP contribution in [0.15, 0.2) is 66.7 Å². The van der Waals surface area contributed by atoms with Crippen LogP contribution < -0.4 is 10.6 Å². The van der Waals surface area contributed by atoms with E-state index in [2.05, 4.69) is 44.9 Å². The Balaban J connectivity index is 1.19. The molecule has 1 fully saturated rings. The molecule has 2 aliphatic rings. The van der Waals surface area contributed by atoms with Gasteiger partial charge in [0.25, 0.3) is 11.8 Å². The van der Waals surface area contributed by atoms with E-state index in [4.69, 9.17) is 0 Å². The summed E-state index contributed by atoms with van der Waals surface area (Å²) in [6, 6.07) is 21.6. The fraction of sp³-hybridized carbons (Fsp3) is 0.379. The lowest BCUT2D eigenvalue weighted by atomic mass is 9.96. The molecule has 1 unspecified atom stereocenters. The number of fused-ring (bicyclic) bond motifs is 1. The Bertz CT molecular complexity index is 1300. The van der Waals surface area contributed by atoms with Crippen LogP contribution in [-0.2, 0) is 24.4 Å². The van der Waals surface area contributed by atoms with Gasteiger partial charge in [0.1, 0.15) is 11.2 Å². The first kappa shape index (κ1) is 25.7. The summed E-state index contributed by atoms with van der Waals surface area (Å²) in [6.07, 6.45) is 1.71. The van der Waals surface area contributed by atoms with Gasteiger partial charge in [0, 0.05) is 45.3 Å². The molecule has 9 nitrogen and oxygen atoms in total. The van der Waals surface area contributed by atoms with Crippen LogP contribution in [0, 0.1) is 0 Å². The number of nitrogens with zero attached hydrogens (tertiary/aromatic N) is 4. The summed E-state index contributed by atoms with van der Waals surface area (Å²) in [5.74, 6) is -0.903. The van der Waals surface area contributed by atoms with Crippen LogP contribution in [0.25, 0.3) is 0 Å². The number of hydrogen-bond donors (Lipinski definition) is 2. The highest BCUT2D eigenvalue weighted by molar-refractivity contribution is 6.01. The molecule has 3 amide bonds. The number of amides is 3. The molecular weight excluding hydrogens is 480 g/mol. The lowest BCUT2D eigenvalue weighted by Gasteiger charge is -2.40. The first-order chi connectivity index (χ1) is 18.3. The van der Waals surface area contributed by atoms with Crippen molar-refractivity contribution >= 4 is 17.7 Å². The van der Waals surface area contributed by atoms with E-state index < -0.39 is 5.54 Å². The van der Waals surface area contributed by atoms with Crippen molar-refractivity contribution in [3.05, 3.63) is 89.2 Å². The SMILES string of the molecule is CN1C(=O)c2cc(C(=O)NC3CCN(Cc4ccccc4)CC3)nn2CC1(C)C(=O)NCc1ccccc1. The summed E-state index contributed by atoms with van der Waals surface area (Å²) >= 11 is 0. The van der Waals surface area contributed by atoms with Crippen molar-refractivity contribution in [1.82, 2.24) is 30.2 Å². The monoisotopic (exact) mass is 514 g/mol. The summed E-state index contributed by atoms with van der Waals surface area (Å²) in [7, 11) is 1.61. The van der Waals surface area contributed by atoms with Gasteiger partial charge >= 0.3 is 0 Å². The third-order valence-corrected chi connectivity index (χ3v) is 7.69. The van der Waals surface area contributed by atoms with E-state index in [0.717, 1.165) is 38.0 Å². The quantitative estimate of drug-likeness (QED) is 0.505. The number of aromatic nitrogens is 2. The van der Waals surface area contributed by atoms with E-state index in [1.807, 2.05) is 36.4 Å². The zero-order valence-corrected chi connectivity index (χ0v) is 21.9. The molecule has 2 N–H and O–H groups in total. The highest BCUT2D eigenvalue weighted by Gasteiger charge is 2.46. The third kappa shape index (κ3) is 5.33. The van der Waals surface area contributed by atoms with Crippen molar-refractivity contribution < 1.29 is 14.4 Å². The van der Waals surface area contributed by atoms with Crippen molar-refractivity contribution in [2.45, 2.75) is 51.0 Å². The topological polar surface area (TPSA) is 99.6 Å². The number of likely N-dealkylation sites (tertiary alicyclic amines) is 1. The Hall–Kier alpha value is -3.98. The molecule has 1 aromatic heterocycles. The number of benzene rings is 2. The highest BCUT2D eigenvalue weighted by Crippen LogP contribution is 2.26. The molecule has 5 rings (SSSR count). The number of likely N-dealkylation sites (N-methyl/N-ethyl adjacent to an activating group) is 1. The van der Waals surface area contributed by atoms with Crippen molar-refractivity contribution in [2.24, 2.45) is 0 Å². The van der Waals surface area contributed by atoms with Gasteiger partial charge in [-0.1, -0.05) is 60.7 Å². The summed E-state index contributed by atoms with van der Waals surface area (Å²) in [6.45, 7) is 4.96. The molecular formula is C29H34N6O3. The maximum Gasteiger partial charge on any atom is 0.272 e. The van der Waals surface area contributed by atoms with Gasteiger partial charge in [-0.25, -0.2) is 0 Å². The molecule has 3 aromatic rings. The average molecular weight is 515 g/mol. The largest absolute Gasteiger partial charge is 0.350 e. The molecule has 0 spiro atoms. The molecule has 0 aliphatic carbocycles. The maximum absolute atomic E-state index is 13.2. The van der Waals surface area contributed by atoms with E-state index in [-0.39, 0.29) is 36.0 Å². The van der Waals surface area contributed by atoms with Crippen molar-refractivity contribution in [3.8, 4) is 0 Å². The van der Waals surface area contributed by atoms with E-state index in [9.17, 15) is 14.4 Å². The Morgan fingerprint density at radius 2 is 1.63 bits per heavy atom. The van der Waals surface area contributed by atoms with E-state index >= 15 is 0 Å². The van der Waals surface area contributed by atoms with Crippen molar-refractivity contribution in [1.29, 1.82) is 0 Å². The standard InChI is InChI=1S/C29H34N6O3/c1-29(28(38)30-18-21-9-5-3-6-10-21)20-35-25(27(37)33(29)2)17-24(32-35)26(36)31-23-13-15-34(16-14-23)19-22-11-7-4-8-12-22/h3-12,17,23H,13-16,18-20H2,1-2H3,(H,30,38)(H,31,36). The van der Waals surface area contributed by atoms with Gasteiger partial charge in [0.2, 0.25) is 5.91 Å². The van der Waals surface area contributed by atoms with Gasteiger partial charge in [-0.15, -0.1) is 0 Å². The Kier molecular flexibility index (Phi) is 7.28. The minimum atomic E-state index is -1.13. The fourth-order valence-corrected chi connectivity index (χ4v) is 5.14. The maximum atomic E-state index is 13.2. The van der Waals surface area contributed by atoms with Crippen LogP contribution in [-0.4, -0.2) is 69.0 Å².